The van der Waals surface area contributed by atoms with Crippen molar-refractivity contribution in [2.24, 2.45) is 0 Å². The topological polar surface area (TPSA) is 67.3 Å². The van der Waals surface area contributed by atoms with E-state index in [0.717, 1.165) is 16.9 Å². The van der Waals surface area contributed by atoms with Crippen molar-refractivity contribution < 1.29 is 9.53 Å². The van der Waals surface area contributed by atoms with Crippen LogP contribution in [0.15, 0.2) is 42.7 Å². The van der Waals surface area contributed by atoms with Gasteiger partial charge in [0.05, 0.1) is 7.11 Å². The molecular formula is C18H22N4O2. The van der Waals surface area contributed by atoms with Gasteiger partial charge in [0.1, 0.15) is 5.75 Å². The number of hydrogen-bond donors (Lipinski definition) is 1. The highest BCUT2D eigenvalue weighted by atomic mass is 16.5. The number of methoxy groups -OCH3 is 1. The molecule has 0 spiro atoms. The molecule has 0 unspecified atom stereocenters. The number of ether oxygens (including phenoxy) is 1. The highest BCUT2D eigenvalue weighted by Gasteiger charge is 2.02. The van der Waals surface area contributed by atoms with Gasteiger partial charge in [-0.25, -0.2) is 9.97 Å². The zero-order valence-electron chi connectivity index (χ0n) is 14.2. The molecule has 0 bridgehead atoms. The second-order valence-corrected chi connectivity index (χ2v) is 5.40. The predicted molar refractivity (Wildman–Crippen MR) is 95.1 cm³/mol. The Morgan fingerprint density at radius 1 is 1.25 bits per heavy atom. The van der Waals surface area contributed by atoms with Gasteiger partial charge in [-0.3, -0.25) is 4.79 Å². The van der Waals surface area contributed by atoms with Gasteiger partial charge in [0.2, 0.25) is 11.9 Å². The smallest absolute Gasteiger partial charge is 0.244 e. The molecule has 0 radical (unpaired) electrons. The van der Waals surface area contributed by atoms with Crippen LogP contribution < -0.4 is 15.0 Å². The summed E-state index contributed by atoms with van der Waals surface area (Å²) in [6.07, 6.45) is 7.25. The molecule has 6 heteroatoms. The lowest BCUT2D eigenvalue weighted by molar-refractivity contribution is -0.116. The van der Waals surface area contributed by atoms with E-state index in [4.69, 9.17) is 4.74 Å². The van der Waals surface area contributed by atoms with Crippen LogP contribution >= 0.6 is 0 Å². The number of aromatic nitrogens is 2. The minimum Gasteiger partial charge on any atom is -0.496 e. The van der Waals surface area contributed by atoms with Gasteiger partial charge in [-0.05, 0) is 24.1 Å². The van der Waals surface area contributed by atoms with Gasteiger partial charge in [-0.1, -0.05) is 18.2 Å². The lowest BCUT2D eigenvalue weighted by atomic mass is 10.1. The number of anilines is 1. The molecule has 1 heterocycles. The number of nitrogens with zero attached hydrogens (tertiary/aromatic N) is 3. The summed E-state index contributed by atoms with van der Waals surface area (Å²) >= 11 is 0. The molecule has 0 atom stereocenters. The number of para-hydroxylation sites is 1. The van der Waals surface area contributed by atoms with Gasteiger partial charge in [0.15, 0.2) is 0 Å². The number of amides is 1. The molecule has 0 saturated heterocycles. The van der Waals surface area contributed by atoms with E-state index >= 15 is 0 Å². The Morgan fingerprint density at radius 2 is 1.96 bits per heavy atom. The van der Waals surface area contributed by atoms with Crippen LogP contribution in [0.3, 0.4) is 0 Å². The number of rotatable bonds is 7. The fraction of sp³-hybridized carbons (Fsp3) is 0.278. The van der Waals surface area contributed by atoms with E-state index in [9.17, 15) is 4.79 Å². The lowest BCUT2D eigenvalue weighted by Crippen LogP contribution is -2.23. The molecule has 6 nitrogen and oxygen atoms in total. The largest absolute Gasteiger partial charge is 0.496 e. The third kappa shape index (κ3) is 5.08. The van der Waals surface area contributed by atoms with Crippen molar-refractivity contribution in [3.63, 3.8) is 0 Å². The van der Waals surface area contributed by atoms with Crippen LogP contribution in [0.25, 0.3) is 6.08 Å². The summed E-state index contributed by atoms with van der Waals surface area (Å²) in [5, 5.41) is 2.85. The fourth-order valence-corrected chi connectivity index (χ4v) is 2.11. The van der Waals surface area contributed by atoms with E-state index in [0.29, 0.717) is 18.9 Å². The molecule has 1 N–H and O–H groups in total. The van der Waals surface area contributed by atoms with Crippen LogP contribution in [0.5, 0.6) is 5.75 Å². The van der Waals surface area contributed by atoms with Crippen LogP contribution in [-0.4, -0.2) is 43.6 Å². The van der Waals surface area contributed by atoms with Crippen LogP contribution in [0.4, 0.5) is 5.95 Å². The van der Waals surface area contributed by atoms with E-state index in [2.05, 4.69) is 15.3 Å². The number of nitrogens with one attached hydrogen (secondary N) is 1. The minimum absolute atomic E-state index is 0.151. The highest BCUT2D eigenvalue weighted by molar-refractivity contribution is 5.91. The first-order chi connectivity index (χ1) is 11.6. The molecule has 0 aliphatic carbocycles. The Labute approximate surface area is 142 Å². The Hall–Kier alpha value is -2.89. The number of benzene rings is 1. The first-order valence-electron chi connectivity index (χ1n) is 7.67. The van der Waals surface area contributed by atoms with Crippen molar-refractivity contribution in [2.45, 2.75) is 6.42 Å². The first-order valence-corrected chi connectivity index (χ1v) is 7.67. The van der Waals surface area contributed by atoms with Crippen molar-refractivity contribution in [1.29, 1.82) is 0 Å². The summed E-state index contributed by atoms with van der Waals surface area (Å²) in [5.41, 5.74) is 1.84. The number of carbonyl (C=O) groups is 1. The Bertz CT molecular complexity index is 696. The standard InChI is InChI=1S/C18H22N4O2/c1-22(2)18-20-12-14(13-21-18)8-9-17(23)19-11-10-15-6-4-5-7-16(15)24-3/h4-9,12-13H,10-11H2,1-3H3,(H,19,23)/b9-8+. The Balaban J connectivity index is 1.82. The van der Waals surface area contributed by atoms with Gasteiger partial charge in [0, 0.05) is 44.7 Å². The van der Waals surface area contributed by atoms with Crippen LogP contribution in [0.2, 0.25) is 0 Å². The molecule has 0 saturated carbocycles. The fourth-order valence-electron chi connectivity index (χ4n) is 2.11. The van der Waals surface area contributed by atoms with E-state index < -0.39 is 0 Å². The molecule has 0 fully saturated rings. The third-order valence-corrected chi connectivity index (χ3v) is 3.37. The average molecular weight is 326 g/mol. The highest BCUT2D eigenvalue weighted by Crippen LogP contribution is 2.17. The summed E-state index contributed by atoms with van der Waals surface area (Å²) < 4.78 is 5.29. The molecular weight excluding hydrogens is 304 g/mol. The molecule has 1 aromatic heterocycles. The zero-order chi connectivity index (χ0) is 17.4. The predicted octanol–water partition coefficient (Wildman–Crippen LogP) is 1.92. The lowest BCUT2D eigenvalue weighted by Gasteiger charge is -2.08. The van der Waals surface area contributed by atoms with Gasteiger partial charge < -0.3 is 15.0 Å². The number of carbonyl (C=O) groups excluding carboxylic acids is 1. The SMILES string of the molecule is COc1ccccc1CCNC(=O)/C=C/c1cnc(N(C)C)nc1. The molecule has 0 aliphatic rings. The summed E-state index contributed by atoms with van der Waals surface area (Å²) in [7, 11) is 5.39. The maximum absolute atomic E-state index is 11.9. The van der Waals surface area contributed by atoms with Gasteiger partial charge in [-0.15, -0.1) is 0 Å². The first kappa shape index (κ1) is 17.5. The molecule has 1 amide bonds. The van der Waals surface area contributed by atoms with Crippen molar-refractivity contribution in [3.8, 4) is 5.75 Å². The Kier molecular flexibility index (Phi) is 6.31. The van der Waals surface area contributed by atoms with Gasteiger partial charge in [0.25, 0.3) is 0 Å². The monoisotopic (exact) mass is 326 g/mol. The second-order valence-electron chi connectivity index (χ2n) is 5.40. The molecule has 2 aromatic rings. The van der Waals surface area contributed by atoms with Crippen LogP contribution in [-0.2, 0) is 11.2 Å². The maximum atomic E-state index is 11.9. The minimum atomic E-state index is -0.151. The Morgan fingerprint density at radius 3 is 2.62 bits per heavy atom. The van der Waals surface area contributed by atoms with Gasteiger partial charge >= 0.3 is 0 Å². The summed E-state index contributed by atoms with van der Waals surface area (Å²) in [6.45, 7) is 0.541. The number of hydrogen-bond acceptors (Lipinski definition) is 5. The molecule has 0 aliphatic heterocycles. The van der Waals surface area contributed by atoms with Crippen LogP contribution in [0.1, 0.15) is 11.1 Å². The van der Waals surface area contributed by atoms with Crippen molar-refractivity contribution in [3.05, 3.63) is 53.9 Å². The summed E-state index contributed by atoms with van der Waals surface area (Å²) in [4.78, 5) is 22.1. The zero-order valence-corrected chi connectivity index (χ0v) is 14.2. The molecule has 1 aromatic carbocycles. The second kappa shape index (κ2) is 8.67. The molecule has 2 rings (SSSR count). The summed E-state index contributed by atoms with van der Waals surface area (Å²) in [5.74, 6) is 1.32. The van der Waals surface area contributed by atoms with Gasteiger partial charge in [-0.2, -0.15) is 0 Å². The van der Waals surface area contributed by atoms with E-state index in [1.54, 1.807) is 25.6 Å². The quantitative estimate of drug-likeness (QED) is 0.788. The third-order valence-electron chi connectivity index (χ3n) is 3.37. The molecule has 126 valence electrons. The van der Waals surface area contributed by atoms with Crippen molar-refractivity contribution >= 4 is 17.9 Å². The van der Waals surface area contributed by atoms with Crippen LogP contribution in [0, 0.1) is 0 Å². The maximum Gasteiger partial charge on any atom is 0.244 e. The summed E-state index contributed by atoms with van der Waals surface area (Å²) in [6, 6.07) is 7.78. The van der Waals surface area contributed by atoms with E-state index in [-0.39, 0.29) is 5.91 Å². The van der Waals surface area contributed by atoms with Crippen molar-refractivity contribution in [2.75, 3.05) is 32.6 Å². The van der Waals surface area contributed by atoms with E-state index in [1.807, 2.05) is 43.3 Å². The van der Waals surface area contributed by atoms with E-state index in [1.165, 1.54) is 6.08 Å². The molecule has 24 heavy (non-hydrogen) atoms. The van der Waals surface area contributed by atoms with Crippen molar-refractivity contribution in [1.82, 2.24) is 15.3 Å². The average Bonchev–Trinajstić information content (AvgIpc) is 2.60. The normalized spacial score (nSPS) is 10.6.